The molecule has 0 heterocycles. The van der Waals surface area contributed by atoms with Crippen molar-refractivity contribution in [2.75, 3.05) is 13.6 Å². The number of rotatable bonds is 8. The van der Waals surface area contributed by atoms with Gasteiger partial charge in [-0.25, -0.2) is 8.42 Å². The van der Waals surface area contributed by atoms with Gasteiger partial charge in [-0.2, -0.15) is 4.31 Å². The van der Waals surface area contributed by atoms with E-state index in [4.69, 9.17) is 5.73 Å². The van der Waals surface area contributed by atoms with Crippen molar-refractivity contribution in [3.8, 4) is 0 Å². The summed E-state index contributed by atoms with van der Waals surface area (Å²) < 4.78 is 26.5. The predicted molar refractivity (Wildman–Crippen MR) is 87.5 cm³/mol. The lowest BCUT2D eigenvalue weighted by Gasteiger charge is -2.27. The molecule has 0 aromatic heterocycles. The molecule has 0 aliphatic carbocycles. The maximum atomic E-state index is 12.5. The Morgan fingerprint density at radius 2 is 1.67 bits per heavy atom. The second-order valence-corrected chi connectivity index (χ2v) is 8.00. The van der Waals surface area contributed by atoms with E-state index in [0.29, 0.717) is 23.3 Å². The molecule has 2 atom stereocenters. The van der Waals surface area contributed by atoms with Crippen molar-refractivity contribution in [3.05, 3.63) is 30.3 Å². The first-order chi connectivity index (χ1) is 9.80. The Labute approximate surface area is 129 Å². The van der Waals surface area contributed by atoms with Crippen LogP contribution < -0.4 is 5.73 Å². The van der Waals surface area contributed by atoms with Gasteiger partial charge in [0.05, 0.1) is 4.90 Å². The minimum absolute atomic E-state index is 0.0389. The monoisotopic (exact) mass is 312 g/mol. The van der Waals surface area contributed by atoms with E-state index in [9.17, 15) is 8.42 Å². The molecule has 0 amide bonds. The van der Waals surface area contributed by atoms with Crippen LogP contribution in [0.4, 0.5) is 0 Å². The van der Waals surface area contributed by atoms with E-state index in [1.807, 2.05) is 13.0 Å². The minimum Gasteiger partial charge on any atom is -0.330 e. The van der Waals surface area contributed by atoms with E-state index in [2.05, 4.69) is 13.8 Å². The Morgan fingerprint density at radius 1 is 1.10 bits per heavy atom. The van der Waals surface area contributed by atoms with Crippen LogP contribution in [0.1, 0.15) is 33.6 Å². The highest BCUT2D eigenvalue weighted by Crippen LogP contribution is 2.22. The van der Waals surface area contributed by atoms with Crippen LogP contribution in [0.2, 0.25) is 0 Å². The first kappa shape index (κ1) is 18.1. The van der Waals surface area contributed by atoms with Crippen LogP contribution in [0.5, 0.6) is 0 Å². The summed E-state index contributed by atoms with van der Waals surface area (Å²) in [6.45, 7) is 6.92. The quantitative estimate of drug-likeness (QED) is 0.802. The lowest BCUT2D eigenvalue weighted by Crippen LogP contribution is -2.36. The minimum atomic E-state index is -3.41. The Bertz CT molecular complexity index is 514. The molecule has 0 bridgehead atoms. The largest absolute Gasteiger partial charge is 0.330 e. The molecule has 0 fully saturated rings. The van der Waals surface area contributed by atoms with Gasteiger partial charge < -0.3 is 5.73 Å². The lowest BCUT2D eigenvalue weighted by atomic mass is 9.90. The molecule has 0 aliphatic rings. The third-order valence-corrected chi connectivity index (χ3v) is 6.23. The summed E-state index contributed by atoms with van der Waals surface area (Å²) in [5.41, 5.74) is 5.78. The third kappa shape index (κ3) is 4.80. The highest BCUT2D eigenvalue weighted by molar-refractivity contribution is 7.89. The molecule has 21 heavy (non-hydrogen) atoms. The predicted octanol–water partition coefficient (Wildman–Crippen LogP) is 2.71. The first-order valence-electron chi connectivity index (χ1n) is 7.53. The zero-order valence-corrected chi connectivity index (χ0v) is 14.3. The summed E-state index contributed by atoms with van der Waals surface area (Å²) >= 11 is 0. The second kappa shape index (κ2) is 7.92. The number of nitrogens with zero attached hydrogens (tertiary/aromatic N) is 1. The Hall–Kier alpha value is -0.910. The summed E-state index contributed by atoms with van der Waals surface area (Å²) in [4.78, 5) is 0.346. The molecule has 0 saturated carbocycles. The Balaban J connectivity index is 2.72. The van der Waals surface area contributed by atoms with E-state index in [1.54, 1.807) is 31.3 Å². The van der Waals surface area contributed by atoms with Crippen molar-refractivity contribution in [1.82, 2.24) is 4.31 Å². The molecule has 5 heteroatoms. The second-order valence-electron chi connectivity index (χ2n) is 6.00. The molecule has 0 radical (unpaired) electrons. The van der Waals surface area contributed by atoms with Crippen LogP contribution in [0.3, 0.4) is 0 Å². The maximum Gasteiger partial charge on any atom is 0.243 e. The molecular weight excluding hydrogens is 284 g/mol. The van der Waals surface area contributed by atoms with E-state index in [0.717, 1.165) is 12.8 Å². The SMILES string of the molecule is CC(C)[C@H](CN)CC[C@H](C)N(C)S(=O)(=O)c1ccccc1. The first-order valence-corrected chi connectivity index (χ1v) is 8.97. The van der Waals surface area contributed by atoms with Gasteiger partial charge in [-0.15, -0.1) is 0 Å². The van der Waals surface area contributed by atoms with Crippen molar-refractivity contribution in [2.24, 2.45) is 17.6 Å². The highest BCUT2D eigenvalue weighted by Gasteiger charge is 2.25. The molecule has 0 aliphatic heterocycles. The standard InChI is InChI=1S/C16H28N2O2S/c1-13(2)15(12-17)11-10-14(3)18(4)21(19,20)16-8-6-5-7-9-16/h5-9,13-15H,10-12,17H2,1-4H3/t14-,15-/m0/s1. The fourth-order valence-electron chi connectivity index (χ4n) is 2.36. The van der Waals surface area contributed by atoms with Crippen molar-refractivity contribution in [2.45, 2.75) is 44.6 Å². The lowest BCUT2D eigenvalue weighted by molar-refractivity contribution is 0.303. The number of nitrogens with two attached hydrogens (primary N) is 1. The van der Waals surface area contributed by atoms with Crippen LogP contribution in [-0.2, 0) is 10.0 Å². The Kier molecular flexibility index (Phi) is 6.84. The van der Waals surface area contributed by atoms with Gasteiger partial charge in [0, 0.05) is 13.1 Å². The zero-order chi connectivity index (χ0) is 16.0. The van der Waals surface area contributed by atoms with Crippen molar-refractivity contribution in [1.29, 1.82) is 0 Å². The molecule has 2 N–H and O–H groups in total. The van der Waals surface area contributed by atoms with Crippen LogP contribution in [-0.4, -0.2) is 32.4 Å². The summed E-state index contributed by atoms with van der Waals surface area (Å²) in [5, 5.41) is 0. The summed E-state index contributed by atoms with van der Waals surface area (Å²) in [7, 11) is -1.76. The van der Waals surface area contributed by atoms with Gasteiger partial charge >= 0.3 is 0 Å². The van der Waals surface area contributed by atoms with Gasteiger partial charge in [-0.05, 0) is 50.3 Å². The van der Waals surface area contributed by atoms with Crippen LogP contribution in [0.25, 0.3) is 0 Å². The molecule has 1 rings (SSSR count). The van der Waals surface area contributed by atoms with Gasteiger partial charge in [0.25, 0.3) is 0 Å². The number of benzene rings is 1. The van der Waals surface area contributed by atoms with E-state index in [-0.39, 0.29) is 6.04 Å². The van der Waals surface area contributed by atoms with Crippen LogP contribution >= 0.6 is 0 Å². The summed E-state index contributed by atoms with van der Waals surface area (Å²) in [6.07, 6.45) is 1.77. The van der Waals surface area contributed by atoms with E-state index >= 15 is 0 Å². The zero-order valence-electron chi connectivity index (χ0n) is 13.5. The van der Waals surface area contributed by atoms with E-state index < -0.39 is 10.0 Å². The fourth-order valence-corrected chi connectivity index (χ4v) is 3.77. The van der Waals surface area contributed by atoms with Gasteiger partial charge in [0.1, 0.15) is 0 Å². The maximum absolute atomic E-state index is 12.5. The summed E-state index contributed by atoms with van der Waals surface area (Å²) in [6, 6.07) is 8.54. The van der Waals surface area contributed by atoms with Crippen molar-refractivity contribution in [3.63, 3.8) is 0 Å². The molecule has 1 aromatic rings. The third-order valence-electron chi connectivity index (χ3n) is 4.24. The molecular formula is C16H28N2O2S. The van der Waals surface area contributed by atoms with Crippen LogP contribution in [0.15, 0.2) is 35.2 Å². The van der Waals surface area contributed by atoms with Crippen molar-refractivity contribution >= 4 is 10.0 Å². The number of hydrogen-bond donors (Lipinski definition) is 1. The van der Waals surface area contributed by atoms with Gasteiger partial charge in [0.2, 0.25) is 10.0 Å². The average Bonchev–Trinajstić information content (AvgIpc) is 2.47. The molecule has 120 valence electrons. The Morgan fingerprint density at radius 3 is 2.14 bits per heavy atom. The van der Waals surface area contributed by atoms with Crippen molar-refractivity contribution < 1.29 is 8.42 Å². The number of hydrogen-bond acceptors (Lipinski definition) is 3. The highest BCUT2D eigenvalue weighted by atomic mass is 32.2. The smallest absolute Gasteiger partial charge is 0.243 e. The average molecular weight is 312 g/mol. The number of sulfonamides is 1. The van der Waals surface area contributed by atoms with Gasteiger partial charge in [0.15, 0.2) is 0 Å². The summed E-state index contributed by atoms with van der Waals surface area (Å²) in [5.74, 6) is 0.971. The molecule has 4 nitrogen and oxygen atoms in total. The fraction of sp³-hybridized carbons (Fsp3) is 0.625. The van der Waals surface area contributed by atoms with Gasteiger partial charge in [-0.1, -0.05) is 32.0 Å². The molecule has 0 saturated heterocycles. The van der Waals surface area contributed by atoms with Crippen LogP contribution in [0, 0.1) is 11.8 Å². The molecule has 0 spiro atoms. The van der Waals surface area contributed by atoms with E-state index in [1.165, 1.54) is 4.31 Å². The van der Waals surface area contributed by atoms with Gasteiger partial charge in [-0.3, -0.25) is 0 Å². The topological polar surface area (TPSA) is 63.4 Å². The molecule has 0 unspecified atom stereocenters. The normalized spacial score (nSPS) is 15.4. The molecule has 1 aromatic carbocycles.